The average molecular weight is 329 g/mol. The van der Waals surface area contributed by atoms with Gasteiger partial charge in [0.05, 0.1) is 0 Å². The van der Waals surface area contributed by atoms with Gasteiger partial charge < -0.3 is 10.2 Å². The number of amides is 1. The zero-order valence-corrected chi connectivity index (χ0v) is 12.5. The third kappa shape index (κ3) is 4.01. The van der Waals surface area contributed by atoms with Gasteiger partial charge in [-0.15, -0.1) is 0 Å². The van der Waals surface area contributed by atoms with Gasteiger partial charge in [-0.25, -0.2) is 4.39 Å². The molecule has 0 bridgehead atoms. The van der Waals surface area contributed by atoms with Crippen LogP contribution in [-0.4, -0.2) is 29.9 Å². The van der Waals surface area contributed by atoms with E-state index in [2.05, 4.69) is 21.2 Å². The van der Waals surface area contributed by atoms with Crippen LogP contribution >= 0.6 is 15.9 Å². The number of carbonyl (C=O) groups excluding carboxylic acids is 1. The molecule has 1 heterocycles. The van der Waals surface area contributed by atoms with Crippen LogP contribution in [0.5, 0.6) is 0 Å². The Morgan fingerprint density at radius 2 is 2.16 bits per heavy atom. The molecule has 104 valence electrons. The molecule has 19 heavy (non-hydrogen) atoms. The number of carbonyl (C=O) groups is 1. The third-order valence-electron chi connectivity index (χ3n) is 3.53. The van der Waals surface area contributed by atoms with Crippen LogP contribution in [0, 0.1) is 5.82 Å². The van der Waals surface area contributed by atoms with Crippen LogP contribution in [0.15, 0.2) is 22.7 Å². The lowest BCUT2D eigenvalue weighted by molar-refractivity contribution is -0.129. The van der Waals surface area contributed by atoms with Crippen molar-refractivity contribution in [2.45, 2.75) is 32.4 Å². The van der Waals surface area contributed by atoms with Crippen LogP contribution in [0.3, 0.4) is 0 Å². The van der Waals surface area contributed by atoms with Gasteiger partial charge in [-0.2, -0.15) is 0 Å². The second-order valence-electron chi connectivity index (χ2n) is 4.90. The Morgan fingerprint density at radius 3 is 2.79 bits per heavy atom. The molecule has 1 saturated heterocycles. The fourth-order valence-corrected chi connectivity index (χ4v) is 2.74. The third-order valence-corrected chi connectivity index (χ3v) is 4.02. The molecule has 1 amide bonds. The van der Waals surface area contributed by atoms with Crippen LogP contribution in [0.2, 0.25) is 0 Å². The van der Waals surface area contributed by atoms with Gasteiger partial charge in [-0.1, -0.05) is 15.9 Å². The predicted octanol–water partition coefficient (Wildman–Crippen LogP) is 2.69. The molecular formula is C14H18BrFN2O. The van der Waals surface area contributed by atoms with E-state index in [0.29, 0.717) is 18.2 Å². The number of hydrogen-bond acceptors (Lipinski definition) is 2. The van der Waals surface area contributed by atoms with Crippen LogP contribution in [0.25, 0.3) is 0 Å². The SMILES string of the molecule is CC(=O)N1CCC(NCc2cc(Br)ccc2F)CC1. The van der Waals surface area contributed by atoms with E-state index in [9.17, 15) is 9.18 Å². The van der Waals surface area contributed by atoms with Crippen LogP contribution in [-0.2, 0) is 11.3 Å². The maximum atomic E-state index is 13.6. The molecule has 1 fully saturated rings. The van der Waals surface area contributed by atoms with Crippen molar-refractivity contribution in [3.63, 3.8) is 0 Å². The molecule has 5 heteroatoms. The Hall–Kier alpha value is -0.940. The zero-order valence-electron chi connectivity index (χ0n) is 11.0. The Labute approximate surface area is 121 Å². The highest BCUT2D eigenvalue weighted by atomic mass is 79.9. The number of benzene rings is 1. The highest BCUT2D eigenvalue weighted by molar-refractivity contribution is 9.10. The second kappa shape index (κ2) is 6.48. The molecule has 0 aromatic heterocycles. The van der Waals surface area contributed by atoms with E-state index in [1.54, 1.807) is 19.1 Å². The summed E-state index contributed by atoms with van der Waals surface area (Å²) >= 11 is 3.35. The minimum Gasteiger partial charge on any atom is -0.343 e. The Kier molecular flexibility index (Phi) is 4.93. The molecule has 3 nitrogen and oxygen atoms in total. The van der Waals surface area contributed by atoms with Crippen molar-refractivity contribution in [1.82, 2.24) is 10.2 Å². The fourth-order valence-electron chi connectivity index (χ4n) is 2.33. The molecule has 1 aliphatic heterocycles. The molecule has 0 spiro atoms. The zero-order chi connectivity index (χ0) is 13.8. The normalized spacial score (nSPS) is 16.7. The standard InChI is InChI=1S/C14H18BrFN2O/c1-10(19)18-6-4-13(5-7-18)17-9-11-8-12(15)2-3-14(11)16/h2-3,8,13,17H,4-7,9H2,1H3. The highest BCUT2D eigenvalue weighted by Crippen LogP contribution is 2.17. The topological polar surface area (TPSA) is 32.3 Å². The second-order valence-corrected chi connectivity index (χ2v) is 5.81. The van der Waals surface area contributed by atoms with Crippen molar-refractivity contribution >= 4 is 21.8 Å². The Morgan fingerprint density at radius 1 is 1.47 bits per heavy atom. The van der Waals surface area contributed by atoms with Gasteiger partial charge in [0.1, 0.15) is 5.82 Å². The van der Waals surface area contributed by atoms with Crippen LogP contribution < -0.4 is 5.32 Å². The van der Waals surface area contributed by atoms with E-state index in [-0.39, 0.29) is 11.7 Å². The lowest BCUT2D eigenvalue weighted by Gasteiger charge is -2.31. The molecule has 0 radical (unpaired) electrons. The van der Waals surface area contributed by atoms with Gasteiger partial charge in [-0.05, 0) is 31.0 Å². The largest absolute Gasteiger partial charge is 0.343 e. The van der Waals surface area contributed by atoms with Crippen LogP contribution in [0.1, 0.15) is 25.3 Å². The Bertz CT molecular complexity index is 459. The molecule has 1 aliphatic rings. The first kappa shape index (κ1) is 14.5. The summed E-state index contributed by atoms with van der Waals surface area (Å²) in [7, 11) is 0. The first-order chi connectivity index (χ1) is 9.06. The van der Waals surface area contributed by atoms with Gasteiger partial charge in [0.2, 0.25) is 5.91 Å². The first-order valence-corrected chi connectivity index (χ1v) is 7.28. The van der Waals surface area contributed by atoms with E-state index in [1.165, 1.54) is 6.07 Å². The molecule has 0 saturated carbocycles. The summed E-state index contributed by atoms with van der Waals surface area (Å²) < 4.78 is 14.5. The maximum absolute atomic E-state index is 13.6. The number of hydrogen-bond donors (Lipinski definition) is 1. The number of rotatable bonds is 3. The quantitative estimate of drug-likeness (QED) is 0.925. The fraction of sp³-hybridized carbons (Fsp3) is 0.500. The molecule has 2 rings (SSSR count). The van der Waals surface area contributed by atoms with E-state index in [0.717, 1.165) is 30.4 Å². The van der Waals surface area contributed by atoms with E-state index >= 15 is 0 Å². The van der Waals surface area contributed by atoms with E-state index in [1.807, 2.05) is 4.90 Å². The van der Waals surface area contributed by atoms with Gasteiger partial charge in [0.15, 0.2) is 0 Å². The van der Waals surface area contributed by atoms with E-state index in [4.69, 9.17) is 0 Å². The predicted molar refractivity (Wildman–Crippen MR) is 76.2 cm³/mol. The number of likely N-dealkylation sites (tertiary alicyclic amines) is 1. The smallest absolute Gasteiger partial charge is 0.219 e. The molecular weight excluding hydrogens is 311 g/mol. The minimum atomic E-state index is -0.183. The summed E-state index contributed by atoms with van der Waals surface area (Å²) in [5, 5.41) is 3.37. The summed E-state index contributed by atoms with van der Waals surface area (Å²) in [6.45, 7) is 3.70. The van der Waals surface area contributed by atoms with Crippen molar-refractivity contribution in [2.24, 2.45) is 0 Å². The first-order valence-electron chi connectivity index (χ1n) is 6.49. The summed E-state index contributed by atoms with van der Waals surface area (Å²) in [5.41, 5.74) is 0.670. The van der Waals surface area contributed by atoms with Gasteiger partial charge >= 0.3 is 0 Å². The van der Waals surface area contributed by atoms with Crippen molar-refractivity contribution < 1.29 is 9.18 Å². The lowest BCUT2D eigenvalue weighted by Crippen LogP contribution is -2.44. The average Bonchev–Trinajstić information content (AvgIpc) is 2.40. The van der Waals surface area contributed by atoms with Gasteiger partial charge in [0, 0.05) is 42.6 Å². The molecule has 0 aliphatic carbocycles. The number of piperidine rings is 1. The van der Waals surface area contributed by atoms with Crippen molar-refractivity contribution in [1.29, 1.82) is 0 Å². The highest BCUT2D eigenvalue weighted by Gasteiger charge is 2.20. The van der Waals surface area contributed by atoms with Gasteiger partial charge in [-0.3, -0.25) is 4.79 Å². The van der Waals surface area contributed by atoms with Crippen molar-refractivity contribution in [2.75, 3.05) is 13.1 Å². The molecule has 0 unspecified atom stereocenters. The molecule has 1 aromatic carbocycles. The lowest BCUT2D eigenvalue weighted by atomic mass is 10.0. The molecule has 0 atom stereocenters. The number of nitrogens with zero attached hydrogens (tertiary/aromatic N) is 1. The van der Waals surface area contributed by atoms with E-state index < -0.39 is 0 Å². The monoisotopic (exact) mass is 328 g/mol. The summed E-state index contributed by atoms with van der Waals surface area (Å²) in [6.07, 6.45) is 1.85. The minimum absolute atomic E-state index is 0.136. The number of nitrogens with one attached hydrogen (secondary N) is 1. The summed E-state index contributed by atoms with van der Waals surface area (Å²) in [4.78, 5) is 13.1. The van der Waals surface area contributed by atoms with Crippen molar-refractivity contribution in [3.8, 4) is 0 Å². The Balaban J connectivity index is 1.83. The number of halogens is 2. The summed E-state index contributed by atoms with van der Waals surface area (Å²) in [5.74, 6) is -0.0478. The molecule has 1 aromatic rings. The maximum Gasteiger partial charge on any atom is 0.219 e. The van der Waals surface area contributed by atoms with Gasteiger partial charge in [0.25, 0.3) is 0 Å². The van der Waals surface area contributed by atoms with Crippen molar-refractivity contribution in [3.05, 3.63) is 34.1 Å². The van der Waals surface area contributed by atoms with Crippen LogP contribution in [0.4, 0.5) is 4.39 Å². The molecule has 1 N–H and O–H groups in total. The summed E-state index contributed by atoms with van der Waals surface area (Å²) in [6, 6.07) is 5.32.